The number of hydrogen-bond acceptors (Lipinski definition) is 5. The molecule has 1 aromatic carbocycles. The highest BCUT2D eigenvalue weighted by Gasteiger charge is 2.33. The highest BCUT2D eigenvalue weighted by atomic mass is 32.2. The maximum atomic E-state index is 11.8. The molecule has 1 saturated heterocycles. The lowest BCUT2D eigenvalue weighted by molar-refractivity contribution is -0.119. The second-order valence-electron chi connectivity index (χ2n) is 4.97. The van der Waals surface area contributed by atoms with Gasteiger partial charge in [0.05, 0.1) is 13.2 Å². The second kappa shape index (κ2) is 8.08. The molecule has 5 nitrogen and oxygen atoms in total. The summed E-state index contributed by atoms with van der Waals surface area (Å²) in [5, 5.41) is 1.47. The fourth-order valence-electron chi connectivity index (χ4n) is 2.19. The molecule has 2 rings (SSSR count). The molecule has 0 radical (unpaired) electrons. The predicted molar refractivity (Wildman–Crippen MR) is 86.5 cm³/mol. The first kappa shape index (κ1) is 16.7. The van der Waals surface area contributed by atoms with Gasteiger partial charge in [0, 0.05) is 0 Å². The van der Waals surface area contributed by atoms with Gasteiger partial charge in [-0.3, -0.25) is 14.9 Å². The van der Waals surface area contributed by atoms with E-state index in [4.69, 9.17) is 9.47 Å². The number of rotatable bonds is 8. The van der Waals surface area contributed by atoms with Crippen molar-refractivity contribution in [2.75, 3.05) is 13.2 Å². The first-order chi connectivity index (χ1) is 10.7. The van der Waals surface area contributed by atoms with Gasteiger partial charge < -0.3 is 9.47 Å². The number of benzene rings is 1. The van der Waals surface area contributed by atoms with Crippen molar-refractivity contribution in [3.05, 3.63) is 23.8 Å². The SMILES string of the molecule is CCCCCOc1ccc([C@H]2SC(=O)NC2=O)cc1OCC. The molecule has 2 amide bonds. The molecule has 0 unspecified atom stereocenters. The molecule has 0 saturated carbocycles. The summed E-state index contributed by atoms with van der Waals surface area (Å²) in [5.74, 6) is 1.01. The number of hydrogen-bond donors (Lipinski definition) is 1. The van der Waals surface area contributed by atoms with Gasteiger partial charge >= 0.3 is 0 Å². The van der Waals surface area contributed by atoms with E-state index in [2.05, 4.69) is 12.2 Å². The fraction of sp³-hybridized carbons (Fsp3) is 0.500. The minimum Gasteiger partial charge on any atom is -0.490 e. The van der Waals surface area contributed by atoms with Crippen LogP contribution in [0.15, 0.2) is 18.2 Å². The summed E-state index contributed by atoms with van der Waals surface area (Å²) < 4.78 is 11.4. The molecular weight excluding hydrogens is 302 g/mol. The van der Waals surface area contributed by atoms with Crippen LogP contribution in [0.25, 0.3) is 0 Å². The number of amides is 2. The van der Waals surface area contributed by atoms with E-state index in [1.165, 1.54) is 0 Å². The first-order valence-corrected chi connectivity index (χ1v) is 8.44. The van der Waals surface area contributed by atoms with Gasteiger partial charge in [-0.25, -0.2) is 0 Å². The Hall–Kier alpha value is -1.69. The Balaban J connectivity index is 2.12. The molecule has 1 N–H and O–H groups in total. The second-order valence-corrected chi connectivity index (χ2v) is 6.05. The summed E-state index contributed by atoms with van der Waals surface area (Å²) in [6.07, 6.45) is 3.27. The third-order valence-corrected chi connectivity index (χ3v) is 4.30. The van der Waals surface area contributed by atoms with Gasteiger partial charge in [-0.2, -0.15) is 0 Å². The number of carbonyl (C=O) groups is 2. The normalized spacial score (nSPS) is 17.5. The number of unbranched alkanes of at least 4 members (excludes halogenated alkanes) is 2. The topological polar surface area (TPSA) is 64.6 Å². The van der Waals surface area contributed by atoms with Crippen LogP contribution in [0.2, 0.25) is 0 Å². The molecule has 0 aliphatic carbocycles. The van der Waals surface area contributed by atoms with Gasteiger partial charge in [0.25, 0.3) is 5.24 Å². The molecule has 6 heteroatoms. The van der Waals surface area contributed by atoms with Gasteiger partial charge in [0.15, 0.2) is 11.5 Å². The van der Waals surface area contributed by atoms with E-state index in [0.717, 1.165) is 36.6 Å². The highest BCUT2D eigenvalue weighted by Crippen LogP contribution is 2.38. The van der Waals surface area contributed by atoms with Crippen molar-refractivity contribution < 1.29 is 19.1 Å². The van der Waals surface area contributed by atoms with Crippen molar-refractivity contribution in [2.24, 2.45) is 0 Å². The van der Waals surface area contributed by atoms with Gasteiger partial charge in [-0.15, -0.1) is 0 Å². The summed E-state index contributed by atoms with van der Waals surface area (Å²) in [6, 6.07) is 5.41. The standard InChI is InChI=1S/C16H21NO4S/c1-3-5-6-9-21-12-8-7-11(10-13(12)20-4-2)14-15(18)17-16(19)22-14/h7-8,10,14H,3-6,9H2,1-2H3,(H,17,18,19)/t14-/m1/s1. The molecule has 0 spiro atoms. The largest absolute Gasteiger partial charge is 0.490 e. The maximum Gasteiger partial charge on any atom is 0.286 e. The molecule has 120 valence electrons. The Kier molecular flexibility index (Phi) is 6.12. The van der Waals surface area contributed by atoms with E-state index in [0.29, 0.717) is 24.7 Å². The third-order valence-electron chi connectivity index (χ3n) is 3.26. The smallest absolute Gasteiger partial charge is 0.286 e. The summed E-state index contributed by atoms with van der Waals surface area (Å²) in [4.78, 5) is 23.1. The van der Waals surface area contributed by atoms with Gasteiger partial charge in [0.2, 0.25) is 5.91 Å². The number of imide groups is 1. The van der Waals surface area contributed by atoms with Crippen molar-refractivity contribution >= 4 is 22.9 Å². The van der Waals surface area contributed by atoms with Crippen LogP contribution in [0.5, 0.6) is 11.5 Å². The van der Waals surface area contributed by atoms with Crippen LogP contribution in [0.4, 0.5) is 4.79 Å². The Labute approximate surface area is 134 Å². The van der Waals surface area contributed by atoms with Crippen molar-refractivity contribution in [1.29, 1.82) is 0 Å². The Morgan fingerprint density at radius 3 is 2.59 bits per heavy atom. The number of nitrogens with one attached hydrogen (secondary N) is 1. The predicted octanol–water partition coefficient (Wildman–Crippen LogP) is 3.68. The lowest BCUT2D eigenvalue weighted by Crippen LogP contribution is -2.20. The molecule has 1 fully saturated rings. The Bertz CT molecular complexity index is 547. The fourth-order valence-corrected chi connectivity index (χ4v) is 3.01. The zero-order valence-electron chi connectivity index (χ0n) is 12.9. The number of carbonyl (C=O) groups excluding carboxylic acids is 2. The molecule has 22 heavy (non-hydrogen) atoms. The maximum absolute atomic E-state index is 11.8. The Morgan fingerprint density at radius 1 is 1.14 bits per heavy atom. The van der Waals surface area contributed by atoms with Gasteiger partial charge in [-0.05, 0) is 42.8 Å². The average molecular weight is 323 g/mol. The quantitative estimate of drug-likeness (QED) is 0.739. The van der Waals surface area contributed by atoms with Crippen LogP contribution in [0.1, 0.15) is 43.9 Å². The highest BCUT2D eigenvalue weighted by molar-refractivity contribution is 8.15. The van der Waals surface area contributed by atoms with Crippen LogP contribution < -0.4 is 14.8 Å². The van der Waals surface area contributed by atoms with E-state index < -0.39 is 5.25 Å². The molecule has 1 heterocycles. The van der Waals surface area contributed by atoms with Crippen molar-refractivity contribution in [3.8, 4) is 11.5 Å². The van der Waals surface area contributed by atoms with Crippen LogP contribution >= 0.6 is 11.8 Å². The first-order valence-electron chi connectivity index (χ1n) is 7.56. The minimum atomic E-state index is -0.513. The third kappa shape index (κ3) is 4.16. The molecular formula is C16H21NO4S. The van der Waals surface area contributed by atoms with Crippen molar-refractivity contribution in [2.45, 2.75) is 38.4 Å². The van der Waals surface area contributed by atoms with Gasteiger partial charge in [0.1, 0.15) is 5.25 Å². The van der Waals surface area contributed by atoms with Crippen LogP contribution in [0, 0.1) is 0 Å². The summed E-state index contributed by atoms with van der Waals surface area (Å²) >= 11 is 0.988. The van der Waals surface area contributed by atoms with Gasteiger partial charge in [-0.1, -0.05) is 25.8 Å². The molecule has 0 aromatic heterocycles. The minimum absolute atomic E-state index is 0.283. The van der Waals surface area contributed by atoms with E-state index in [9.17, 15) is 9.59 Å². The zero-order chi connectivity index (χ0) is 15.9. The lowest BCUT2D eigenvalue weighted by atomic mass is 10.1. The molecule has 1 aromatic rings. The molecule has 0 bridgehead atoms. The van der Waals surface area contributed by atoms with E-state index >= 15 is 0 Å². The number of ether oxygens (including phenoxy) is 2. The van der Waals surface area contributed by atoms with Crippen LogP contribution in [-0.2, 0) is 4.79 Å². The summed E-state index contributed by atoms with van der Waals surface area (Å²) in [5.41, 5.74) is 0.748. The monoisotopic (exact) mass is 323 g/mol. The zero-order valence-corrected chi connectivity index (χ0v) is 13.7. The Morgan fingerprint density at radius 2 is 1.95 bits per heavy atom. The molecule has 1 aliphatic rings. The molecule has 1 atom stereocenters. The average Bonchev–Trinajstić information content (AvgIpc) is 2.84. The number of thioether (sulfide) groups is 1. The molecule has 1 aliphatic heterocycles. The lowest BCUT2D eigenvalue weighted by Gasteiger charge is -2.14. The van der Waals surface area contributed by atoms with E-state index in [-0.39, 0.29) is 11.1 Å². The summed E-state index contributed by atoms with van der Waals surface area (Å²) in [6.45, 7) is 5.20. The van der Waals surface area contributed by atoms with E-state index in [1.807, 2.05) is 19.1 Å². The van der Waals surface area contributed by atoms with E-state index in [1.54, 1.807) is 6.07 Å². The van der Waals surface area contributed by atoms with Crippen molar-refractivity contribution in [1.82, 2.24) is 5.32 Å². The summed E-state index contributed by atoms with van der Waals surface area (Å²) in [7, 11) is 0. The van der Waals surface area contributed by atoms with Crippen LogP contribution in [-0.4, -0.2) is 24.4 Å². The van der Waals surface area contributed by atoms with Crippen LogP contribution in [0.3, 0.4) is 0 Å². The van der Waals surface area contributed by atoms with Crippen molar-refractivity contribution in [3.63, 3.8) is 0 Å².